The quantitative estimate of drug-likeness (QED) is 0.927. The highest BCUT2D eigenvalue weighted by molar-refractivity contribution is 5.98. The zero-order valence-electron chi connectivity index (χ0n) is 13.8. The highest BCUT2D eigenvalue weighted by Gasteiger charge is 2.45. The lowest BCUT2D eigenvalue weighted by atomic mass is 9.79. The molecule has 0 aromatic heterocycles. The Morgan fingerprint density at radius 1 is 1.13 bits per heavy atom. The first-order valence-corrected chi connectivity index (χ1v) is 8.53. The summed E-state index contributed by atoms with van der Waals surface area (Å²) in [6.07, 6.45) is 5.34. The largest absolute Gasteiger partial charge is 0.497 e. The number of hydrogen-bond acceptors (Lipinski definition) is 4. The van der Waals surface area contributed by atoms with Crippen LogP contribution in [-0.4, -0.2) is 49.8 Å². The summed E-state index contributed by atoms with van der Waals surface area (Å²) in [6.45, 7) is 3.13. The summed E-state index contributed by atoms with van der Waals surface area (Å²) in [7, 11) is 1.64. The van der Waals surface area contributed by atoms with E-state index in [2.05, 4.69) is 10.2 Å². The third-order valence-corrected chi connectivity index (χ3v) is 5.07. The van der Waals surface area contributed by atoms with Gasteiger partial charge in [0, 0.05) is 18.8 Å². The highest BCUT2D eigenvalue weighted by atomic mass is 16.5. The van der Waals surface area contributed by atoms with Gasteiger partial charge in [-0.1, -0.05) is 19.3 Å². The molecule has 0 spiro atoms. The summed E-state index contributed by atoms with van der Waals surface area (Å²) in [6, 6.07) is 7.54. The first-order chi connectivity index (χ1) is 11.2. The van der Waals surface area contributed by atoms with Crippen LogP contribution in [0.4, 0.5) is 5.69 Å². The molecule has 1 amide bonds. The summed E-state index contributed by atoms with van der Waals surface area (Å²) in [5.74, 6) is 0.924. The molecule has 2 fully saturated rings. The lowest BCUT2D eigenvalue weighted by Crippen LogP contribution is -2.60. The number of morpholine rings is 1. The van der Waals surface area contributed by atoms with E-state index in [1.165, 1.54) is 6.42 Å². The number of ether oxygens (including phenoxy) is 2. The average Bonchev–Trinajstić information content (AvgIpc) is 2.63. The standard InChI is InChI=1S/C18H26N2O3/c1-22-16-7-5-15(6-8-16)19-17(21)18(9-3-2-4-10-18)20-11-13-23-14-12-20/h5-8H,2-4,9-14H2,1H3,(H,19,21). The first kappa shape index (κ1) is 16.3. The van der Waals surface area contributed by atoms with Gasteiger partial charge in [-0.2, -0.15) is 0 Å². The average molecular weight is 318 g/mol. The van der Waals surface area contributed by atoms with Crippen LogP contribution >= 0.6 is 0 Å². The number of hydrogen-bond donors (Lipinski definition) is 1. The van der Waals surface area contributed by atoms with Gasteiger partial charge in [0.05, 0.1) is 20.3 Å². The van der Waals surface area contributed by atoms with Gasteiger partial charge in [0.1, 0.15) is 11.3 Å². The fourth-order valence-electron chi connectivity index (χ4n) is 3.74. The highest BCUT2D eigenvalue weighted by Crippen LogP contribution is 2.35. The van der Waals surface area contributed by atoms with Crippen LogP contribution in [-0.2, 0) is 9.53 Å². The van der Waals surface area contributed by atoms with Gasteiger partial charge in [-0.05, 0) is 37.1 Å². The number of nitrogens with one attached hydrogen (secondary N) is 1. The molecule has 1 saturated carbocycles. The molecule has 1 aromatic carbocycles. The van der Waals surface area contributed by atoms with Gasteiger partial charge in [-0.15, -0.1) is 0 Å². The topological polar surface area (TPSA) is 50.8 Å². The van der Waals surface area contributed by atoms with Gasteiger partial charge in [-0.3, -0.25) is 9.69 Å². The van der Waals surface area contributed by atoms with Crippen molar-refractivity contribution in [1.82, 2.24) is 4.90 Å². The minimum atomic E-state index is -0.373. The van der Waals surface area contributed by atoms with Crippen molar-refractivity contribution >= 4 is 11.6 Å². The fraction of sp³-hybridized carbons (Fsp3) is 0.611. The van der Waals surface area contributed by atoms with E-state index in [1.54, 1.807) is 7.11 Å². The molecule has 0 atom stereocenters. The number of anilines is 1. The number of rotatable bonds is 4. The number of nitrogens with zero attached hydrogens (tertiary/aromatic N) is 1. The molecule has 23 heavy (non-hydrogen) atoms. The van der Waals surface area contributed by atoms with E-state index in [1.807, 2.05) is 24.3 Å². The minimum Gasteiger partial charge on any atom is -0.497 e. The SMILES string of the molecule is COc1ccc(NC(=O)C2(N3CCOCC3)CCCCC2)cc1. The van der Waals surface area contributed by atoms with Crippen LogP contribution in [0.2, 0.25) is 0 Å². The molecule has 2 aliphatic rings. The summed E-state index contributed by atoms with van der Waals surface area (Å²) in [5, 5.41) is 3.12. The Morgan fingerprint density at radius 2 is 1.78 bits per heavy atom. The second-order valence-electron chi connectivity index (χ2n) is 6.37. The Hall–Kier alpha value is -1.59. The van der Waals surface area contributed by atoms with E-state index in [0.29, 0.717) is 0 Å². The van der Waals surface area contributed by atoms with Gasteiger partial charge in [0.25, 0.3) is 0 Å². The van der Waals surface area contributed by atoms with E-state index in [-0.39, 0.29) is 11.4 Å². The maximum Gasteiger partial charge on any atom is 0.244 e. The van der Waals surface area contributed by atoms with Gasteiger partial charge in [0.2, 0.25) is 5.91 Å². The zero-order chi connectivity index (χ0) is 16.1. The molecule has 3 rings (SSSR count). The molecule has 0 bridgehead atoms. The lowest BCUT2D eigenvalue weighted by Gasteiger charge is -2.46. The Labute approximate surface area is 137 Å². The Kier molecular flexibility index (Phi) is 5.18. The zero-order valence-corrected chi connectivity index (χ0v) is 13.8. The molecular weight excluding hydrogens is 292 g/mol. The summed E-state index contributed by atoms with van der Waals surface area (Å²) in [4.78, 5) is 15.5. The molecule has 0 radical (unpaired) electrons. The van der Waals surface area contributed by atoms with E-state index < -0.39 is 0 Å². The van der Waals surface area contributed by atoms with Crippen molar-refractivity contribution in [3.63, 3.8) is 0 Å². The summed E-state index contributed by atoms with van der Waals surface area (Å²) < 4.78 is 10.6. The Balaban J connectivity index is 1.76. The fourth-order valence-corrected chi connectivity index (χ4v) is 3.74. The molecule has 1 aromatic rings. The van der Waals surface area contributed by atoms with Gasteiger partial charge < -0.3 is 14.8 Å². The minimum absolute atomic E-state index is 0.129. The lowest BCUT2D eigenvalue weighted by molar-refractivity contribution is -0.134. The Bertz CT molecular complexity index is 518. The molecule has 1 saturated heterocycles. The number of carbonyl (C=O) groups excluding carboxylic acids is 1. The molecule has 0 unspecified atom stereocenters. The second kappa shape index (κ2) is 7.32. The van der Waals surface area contributed by atoms with Crippen molar-refractivity contribution in [1.29, 1.82) is 0 Å². The van der Waals surface area contributed by atoms with Gasteiger partial charge in [0.15, 0.2) is 0 Å². The predicted molar refractivity (Wildman–Crippen MR) is 89.8 cm³/mol. The maximum atomic E-state index is 13.1. The van der Waals surface area contributed by atoms with Crippen LogP contribution in [0.5, 0.6) is 5.75 Å². The third-order valence-electron chi connectivity index (χ3n) is 5.07. The molecule has 1 aliphatic heterocycles. The number of benzene rings is 1. The van der Waals surface area contributed by atoms with Gasteiger partial charge >= 0.3 is 0 Å². The maximum absolute atomic E-state index is 13.1. The predicted octanol–water partition coefficient (Wildman–Crippen LogP) is 2.67. The van der Waals surface area contributed by atoms with Crippen LogP contribution in [0.3, 0.4) is 0 Å². The monoisotopic (exact) mass is 318 g/mol. The smallest absolute Gasteiger partial charge is 0.244 e. The van der Waals surface area contributed by atoms with E-state index in [4.69, 9.17) is 9.47 Å². The molecule has 1 heterocycles. The number of amides is 1. The van der Waals surface area contributed by atoms with Crippen molar-refractivity contribution in [2.24, 2.45) is 0 Å². The van der Waals surface area contributed by atoms with Crippen LogP contribution < -0.4 is 10.1 Å². The van der Waals surface area contributed by atoms with Crippen molar-refractivity contribution in [3.05, 3.63) is 24.3 Å². The number of carbonyl (C=O) groups is 1. The van der Waals surface area contributed by atoms with E-state index in [9.17, 15) is 4.79 Å². The van der Waals surface area contributed by atoms with Crippen molar-refractivity contribution in [2.45, 2.75) is 37.6 Å². The van der Waals surface area contributed by atoms with Crippen LogP contribution in [0.1, 0.15) is 32.1 Å². The molecule has 126 valence electrons. The number of methoxy groups -OCH3 is 1. The Morgan fingerprint density at radius 3 is 2.39 bits per heavy atom. The molecular formula is C18H26N2O3. The molecule has 5 heteroatoms. The summed E-state index contributed by atoms with van der Waals surface area (Å²) >= 11 is 0. The van der Waals surface area contributed by atoms with Crippen molar-refractivity contribution in [2.75, 3.05) is 38.7 Å². The summed E-state index contributed by atoms with van der Waals surface area (Å²) in [5.41, 5.74) is 0.455. The van der Waals surface area contributed by atoms with Crippen molar-refractivity contribution in [3.8, 4) is 5.75 Å². The molecule has 1 N–H and O–H groups in total. The van der Waals surface area contributed by atoms with Crippen LogP contribution in [0.25, 0.3) is 0 Å². The van der Waals surface area contributed by atoms with E-state index in [0.717, 1.165) is 63.4 Å². The van der Waals surface area contributed by atoms with Gasteiger partial charge in [-0.25, -0.2) is 0 Å². The van der Waals surface area contributed by atoms with E-state index >= 15 is 0 Å². The van der Waals surface area contributed by atoms with Crippen molar-refractivity contribution < 1.29 is 14.3 Å². The third kappa shape index (κ3) is 3.51. The first-order valence-electron chi connectivity index (χ1n) is 8.53. The molecule has 1 aliphatic carbocycles. The normalized spacial score (nSPS) is 21.6. The molecule has 5 nitrogen and oxygen atoms in total. The second-order valence-corrected chi connectivity index (χ2v) is 6.37. The van der Waals surface area contributed by atoms with Crippen LogP contribution in [0.15, 0.2) is 24.3 Å². The van der Waals surface area contributed by atoms with Crippen LogP contribution in [0, 0.1) is 0 Å².